The molecule has 10 rings (SSSR count). The van der Waals surface area contributed by atoms with Crippen molar-refractivity contribution in [3.63, 3.8) is 0 Å². The Bertz CT molecular complexity index is 3030. The van der Waals surface area contributed by atoms with E-state index in [0.29, 0.717) is 17.1 Å². The Labute approximate surface area is 280 Å². The zero-order chi connectivity index (χ0) is 32.6. The normalized spacial score (nSPS) is 11.6. The predicted octanol–water partition coefficient (Wildman–Crippen LogP) is 12.5. The van der Waals surface area contributed by atoms with Gasteiger partial charge in [-0.25, -0.2) is 4.85 Å². The molecule has 0 spiro atoms. The number of nitrogens with zero attached hydrogens (tertiary/aromatic N) is 4. The Balaban J connectivity index is 1.30. The zero-order valence-corrected chi connectivity index (χ0v) is 26.1. The van der Waals surface area contributed by atoms with Crippen LogP contribution in [0.25, 0.3) is 97.7 Å². The summed E-state index contributed by atoms with van der Waals surface area (Å²) < 4.78 is 11.0. The monoisotopic (exact) mass is 624 g/mol. The summed E-state index contributed by atoms with van der Waals surface area (Å²) in [6.45, 7) is 16.3. The van der Waals surface area contributed by atoms with Crippen molar-refractivity contribution in [2.75, 3.05) is 0 Å². The van der Waals surface area contributed by atoms with Gasteiger partial charge in [-0.05, 0) is 53.6 Å². The van der Waals surface area contributed by atoms with Crippen molar-refractivity contribution in [2.45, 2.75) is 0 Å². The van der Waals surface area contributed by atoms with Gasteiger partial charge in [0.1, 0.15) is 5.58 Å². The second kappa shape index (κ2) is 10.2. The molecule has 0 unspecified atom stereocenters. The molecule has 0 atom stereocenters. The molecule has 0 saturated carbocycles. The minimum absolute atomic E-state index is 0.335. The lowest BCUT2D eigenvalue weighted by Crippen LogP contribution is -1.99. The smallest absolute Gasteiger partial charge is 0.218 e. The highest BCUT2D eigenvalue weighted by molar-refractivity contribution is 6.21. The van der Waals surface area contributed by atoms with E-state index in [0.717, 1.165) is 82.4 Å². The van der Waals surface area contributed by atoms with Crippen LogP contribution >= 0.6 is 0 Å². The Morgan fingerprint density at radius 2 is 1.10 bits per heavy atom. The summed E-state index contributed by atoms with van der Waals surface area (Å²) in [5.74, 6) is 0. The molecular formula is C44H24N4O. The Morgan fingerprint density at radius 1 is 0.490 bits per heavy atom. The number of furan rings is 1. The van der Waals surface area contributed by atoms with Crippen LogP contribution in [-0.2, 0) is 0 Å². The van der Waals surface area contributed by atoms with Crippen LogP contribution in [0.3, 0.4) is 0 Å². The molecule has 3 heterocycles. The summed E-state index contributed by atoms with van der Waals surface area (Å²) >= 11 is 0. The van der Waals surface area contributed by atoms with Crippen molar-refractivity contribution < 1.29 is 4.42 Å². The van der Waals surface area contributed by atoms with Gasteiger partial charge in [-0.2, -0.15) is 0 Å². The van der Waals surface area contributed by atoms with Crippen LogP contribution in [0.1, 0.15) is 0 Å². The third kappa shape index (κ3) is 3.73. The first-order valence-corrected chi connectivity index (χ1v) is 16.1. The fourth-order valence-corrected chi connectivity index (χ4v) is 7.70. The SMILES string of the molecule is [C-]#[N+]c1ccc(-c2cccc(-n3c4ccccc4c4ccc5c6ccccc6oc5c43)c2)c(-n2c3ccccc3c3ccccc32)c1[N+]#[C-]. The highest BCUT2D eigenvalue weighted by Gasteiger charge is 2.23. The molecular weight excluding hydrogens is 601 g/mol. The summed E-state index contributed by atoms with van der Waals surface area (Å²) in [5, 5.41) is 6.63. The maximum absolute atomic E-state index is 8.32. The molecule has 5 heteroatoms. The fourth-order valence-electron chi connectivity index (χ4n) is 7.70. The lowest BCUT2D eigenvalue weighted by Gasteiger charge is -2.18. The molecule has 0 fully saturated rings. The second-order valence-electron chi connectivity index (χ2n) is 12.3. The molecule has 10 aromatic rings. The molecule has 49 heavy (non-hydrogen) atoms. The number of hydrogen-bond acceptors (Lipinski definition) is 1. The van der Waals surface area contributed by atoms with Gasteiger partial charge in [-0.3, -0.25) is 4.85 Å². The topological polar surface area (TPSA) is 31.7 Å². The maximum atomic E-state index is 8.32. The summed E-state index contributed by atoms with van der Waals surface area (Å²) in [6, 6.07) is 49.8. The van der Waals surface area contributed by atoms with Crippen molar-refractivity contribution in [1.29, 1.82) is 0 Å². The number of benzene rings is 7. The predicted molar refractivity (Wildman–Crippen MR) is 200 cm³/mol. The van der Waals surface area contributed by atoms with Gasteiger partial charge in [-0.15, -0.1) is 0 Å². The molecule has 5 nitrogen and oxygen atoms in total. The van der Waals surface area contributed by atoms with Crippen LogP contribution < -0.4 is 0 Å². The van der Waals surface area contributed by atoms with Crippen molar-refractivity contribution in [3.05, 3.63) is 168 Å². The highest BCUT2D eigenvalue weighted by Crippen LogP contribution is 2.46. The molecule has 0 amide bonds. The molecule has 7 aromatic carbocycles. The quantitative estimate of drug-likeness (QED) is 0.180. The van der Waals surface area contributed by atoms with Gasteiger partial charge in [-0.1, -0.05) is 103 Å². The summed E-state index contributed by atoms with van der Waals surface area (Å²) in [4.78, 5) is 7.79. The standard InChI is InChI=1S/C44H24N4O/c1-45-36-25-24-29(42(41(36)46-2)48-38-19-8-3-14-30(38)31-15-4-9-20-39(31)48)27-12-11-13-28(26-27)47-37-18-7-5-16-32(37)34-22-23-35-33-17-6-10-21-40(33)49-44(35)43(34)47/h3-26H. The Hall–Kier alpha value is -7.08. The van der Waals surface area contributed by atoms with Crippen molar-refractivity contribution in [2.24, 2.45) is 0 Å². The van der Waals surface area contributed by atoms with E-state index in [-0.39, 0.29) is 0 Å². The van der Waals surface area contributed by atoms with Gasteiger partial charge in [0.05, 0.1) is 35.2 Å². The van der Waals surface area contributed by atoms with Crippen LogP contribution in [-0.4, -0.2) is 9.13 Å². The maximum Gasteiger partial charge on any atom is 0.218 e. The van der Waals surface area contributed by atoms with Gasteiger partial charge < -0.3 is 13.6 Å². The highest BCUT2D eigenvalue weighted by atomic mass is 16.3. The minimum atomic E-state index is 0.335. The van der Waals surface area contributed by atoms with E-state index in [1.807, 2.05) is 48.5 Å². The van der Waals surface area contributed by atoms with E-state index < -0.39 is 0 Å². The number of rotatable bonds is 3. The second-order valence-corrected chi connectivity index (χ2v) is 12.3. The Morgan fingerprint density at radius 3 is 1.80 bits per heavy atom. The summed E-state index contributed by atoms with van der Waals surface area (Å²) in [7, 11) is 0. The number of para-hydroxylation sites is 4. The van der Waals surface area contributed by atoms with Gasteiger partial charge >= 0.3 is 0 Å². The van der Waals surface area contributed by atoms with E-state index in [2.05, 4.69) is 110 Å². The average Bonchev–Trinajstić information content (AvgIpc) is 3.82. The van der Waals surface area contributed by atoms with Gasteiger partial charge in [0.2, 0.25) is 5.69 Å². The van der Waals surface area contributed by atoms with E-state index >= 15 is 0 Å². The van der Waals surface area contributed by atoms with E-state index in [1.54, 1.807) is 6.07 Å². The van der Waals surface area contributed by atoms with Crippen LogP contribution in [0, 0.1) is 13.1 Å². The van der Waals surface area contributed by atoms with Crippen LogP contribution in [0.2, 0.25) is 0 Å². The van der Waals surface area contributed by atoms with Gasteiger partial charge in [0.15, 0.2) is 11.3 Å². The van der Waals surface area contributed by atoms with Gasteiger partial charge in [0.25, 0.3) is 0 Å². The molecule has 0 N–H and O–H groups in total. The summed E-state index contributed by atoms with van der Waals surface area (Å²) in [5.41, 5.74) is 9.96. The lowest BCUT2D eigenvalue weighted by atomic mass is 10.00. The first kappa shape index (κ1) is 27.1. The average molecular weight is 625 g/mol. The Kier molecular flexibility index (Phi) is 5.64. The summed E-state index contributed by atoms with van der Waals surface area (Å²) in [6.07, 6.45) is 0. The zero-order valence-electron chi connectivity index (χ0n) is 26.1. The first-order valence-electron chi connectivity index (χ1n) is 16.1. The number of hydrogen-bond donors (Lipinski definition) is 0. The molecule has 0 aliphatic heterocycles. The molecule has 0 aliphatic carbocycles. The molecule has 0 saturated heterocycles. The third-order valence-electron chi connectivity index (χ3n) is 9.76. The lowest BCUT2D eigenvalue weighted by molar-refractivity contribution is 0.671. The largest absolute Gasteiger partial charge is 0.454 e. The van der Waals surface area contributed by atoms with Gasteiger partial charge in [0, 0.05) is 43.7 Å². The van der Waals surface area contributed by atoms with Crippen LogP contribution in [0.5, 0.6) is 0 Å². The van der Waals surface area contributed by atoms with Crippen LogP contribution in [0.4, 0.5) is 11.4 Å². The molecule has 3 aromatic heterocycles. The third-order valence-corrected chi connectivity index (χ3v) is 9.76. The van der Waals surface area contributed by atoms with Crippen LogP contribution in [0.15, 0.2) is 150 Å². The van der Waals surface area contributed by atoms with E-state index in [9.17, 15) is 0 Å². The molecule has 0 aliphatic rings. The molecule has 226 valence electrons. The number of aromatic nitrogens is 2. The molecule has 0 radical (unpaired) electrons. The fraction of sp³-hybridized carbons (Fsp3) is 0. The van der Waals surface area contributed by atoms with E-state index in [4.69, 9.17) is 17.6 Å². The number of fused-ring (bicyclic) bond motifs is 10. The van der Waals surface area contributed by atoms with Crippen molar-refractivity contribution in [3.8, 4) is 22.5 Å². The minimum Gasteiger partial charge on any atom is -0.454 e. The van der Waals surface area contributed by atoms with E-state index in [1.165, 1.54) is 0 Å². The molecule has 0 bridgehead atoms. The van der Waals surface area contributed by atoms with Crippen molar-refractivity contribution >= 4 is 76.9 Å². The van der Waals surface area contributed by atoms with Crippen molar-refractivity contribution in [1.82, 2.24) is 9.13 Å². The first-order chi connectivity index (χ1) is 24.2.